The van der Waals surface area contributed by atoms with Crippen LogP contribution in [0.5, 0.6) is 0 Å². The average molecular weight is 401 g/mol. The topological polar surface area (TPSA) is 99.9 Å². The van der Waals surface area contributed by atoms with Gasteiger partial charge in [0.15, 0.2) is 12.2 Å². The first kappa shape index (κ1) is 19.9. The molecule has 28 heavy (non-hydrogen) atoms. The third-order valence-electron chi connectivity index (χ3n) is 4.59. The van der Waals surface area contributed by atoms with Crippen molar-refractivity contribution in [3.63, 3.8) is 0 Å². The Morgan fingerprint density at radius 3 is 2.57 bits per heavy atom. The summed E-state index contributed by atoms with van der Waals surface area (Å²) < 4.78 is 10.8. The van der Waals surface area contributed by atoms with Gasteiger partial charge in [-0.05, 0) is 18.1 Å². The number of fused-ring (bicyclic) bond motifs is 1. The molecule has 0 aliphatic carbocycles. The molecule has 0 N–H and O–H groups in total. The van der Waals surface area contributed by atoms with Crippen molar-refractivity contribution in [2.45, 2.75) is 37.3 Å². The highest BCUT2D eigenvalue weighted by Gasteiger charge is 2.58. The van der Waals surface area contributed by atoms with Crippen molar-refractivity contribution in [2.75, 3.05) is 7.11 Å². The quantitative estimate of drug-likeness (QED) is 0.320. The summed E-state index contributed by atoms with van der Waals surface area (Å²) >= 11 is 1.27. The lowest BCUT2D eigenvalue weighted by atomic mass is 10.0. The van der Waals surface area contributed by atoms with E-state index in [1.165, 1.54) is 30.7 Å². The molecule has 2 heterocycles. The maximum atomic E-state index is 12.8. The summed E-state index contributed by atoms with van der Waals surface area (Å²) in [5.41, 5.74) is 0.983. The molecule has 3 atom stereocenters. The van der Waals surface area contributed by atoms with Gasteiger partial charge in [0.05, 0.1) is 0 Å². The summed E-state index contributed by atoms with van der Waals surface area (Å²) in [6.45, 7) is 2.98. The van der Waals surface area contributed by atoms with Crippen molar-refractivity contribution < 1.29 is 23.9 Å². The third kappa shape index (κ3) is 3.37. The summed E-state index contributed by atoms with van der Waals surface area (Å²) in [4.78, 5) is 39.3. The summed E-state index contributed by atoms with van der Waals surface area (Å²) in [6.07, 6.45) is 1.75. The Morgan fingerprint density at radius 2 is 2.00 bits per heavy atom. The lowest BCUT2D eigenvalue weighted by Crippen LogP contribution is -2.71. The molecule has 1 aromatic carbocycles. The van der Waals surface area contributed by atoms with Gasteiger partial charge in [0, 0.05) is 14.0 Å². The largest absolute Gasteiger partial charge is 0.456 e. The molecule has 0 radical (unpaired) electrons. The third-order valence-corrected chi connectivity index (χ3v) is 6.13. The monoisotopic (exact) mass is 401 g/mol. The van der Waals surface area contributed by atoms with Crippen LogP contribution in [0.3, 0.4) is 0 Å². The van der Waals surface area contributed by atoms with Crippen molar-refractivity contribution in [1.29, 1.82) is 5.26 Å². The van der Waals surface area contributed by atoms with Gasteiger partial charge in [-0.25, -0.2) is 9.69 Å². The van der Waals surface area contributed by atoms with Gasteiger partial charge in [-0.3, -0.25) is 14.5 Å². The van der Waals surface area contributed by atoms with Crippen LogP contribution in [0, 0.1) is 11.5 Å². The van der Waals surface area contributed by atoms with E-state index in [0.717, 1.165) is 10.5 Å². The summed E-state index contributed by atoms with van der Waals surface area (Å²) in [6, 6.07) is 8.23. The number of amides is 2. The van der Waals surface area contributed by atoms with Crippen LogP contribution in [-0.4, -0.2) is 51.5 Å². The van der Waals surface area contributed by atoms with Crippen molar-refractivity contribution in [3.05, 3.63) is 47.2 Å². The van der Waals surface area contributed by atoms with Crippen LogP contribution in [-0.2, 0) is 30.5 Å². The average Bonchev–Trinajstić information content (AvgIpc) is 2.70. The zero-order valence-electron chi connectivity index (χ0n) is 15.6. The Bertz CT molecular complexity index is 879. The van der Waals surface area contributed by atoms with E-state index in [2.05, 4.69) is 0 Å². The highest BCUT2D eigenvalue weighted by molar-refractivity contribution is 8.00. The molecule has 0 unspecified atom stereocenters. The van der Waals surface area contributed by atoms with Crippen LogP contribution >= 0.6 is 11.8 Å². The number of carbonyl (C=O) groups is 3. The maximum absolute atomic E-state index is 12.8. The summed E-state index contributed by atoms with van der Waals surface area (Å²) in [5, 5.41) is 8.65. The van der Waals surface area contributed by atoms with Crippen LogP contribution in [0.25, 0.3) is 0 Å². The smallest absolute Gasteiger partial charge is 0.355 e. The first-order valence-corrected chi connectivity index (χ1v) is 9.47. The van der Waals surface area contributed by atoms with Crippen LogP contribution in [0.1, 0.15) is 19.4 Å². The number of nitrogens with zero attached hydrogens (tertiary/aromatic N) is 3. The van der Waals surface area contributed by atoms with Gasteiger partial charge >= 0.3 is 5.97 Å². The minimum atomic E-state index is -0.963. The molecular formula is C19H19N3O5S. The molecule has 0 aromatic heterocycles. The van der Waals surface area contributed by atoms with Crippen LogP contribution in [0.15, 0.2) is 41.6 Å². The van der Waals surface area contributed by atoms with Crippen LogP contribution in [0.4, 0.5) is 0 Å². The fraction of sp³-hybridized carbons (Fsp3) is 0.368. The predicted molar refractivity (Wildman–Crippen MR) is 99.9 cm³/mol. The number of methoxy groups -OCH3 is 1. The highest BCUT2D eigenvalue weighted by atomic mass is 32.2. The van der Waals surface area contributed by atoms with Crippen molar-refractivity contribution in [3.8, 4) is 6.19 Å². The van der Waals surface area contributed by atoms with Gasteiger partial charge in [-0.15, -0.1) is 0 Å². The lowest BCUT2D eigenvalue weighted by Gasteiger charge is -2.52. The number of β-lactam (4-membered cyclic amide) rings is 1. The zero-order valence-corrected chi connectivity index (χ0v) is 16.4. The molecule has 3 rings (SSSR count). The molecule has 1 saturated heterocycles. The number of carbonyl (C=O) groups excluding carboxylic acids is 3. The van der Waals surface area contributed by atoms with E-state index in [0.29, 0.717) is 5.57 Å². The summed E-state index contributed by atoms with van der Waals surface area (Å²) in [7, 11) is 1.49. The van der Waals surface area contributed by atoms with E-state index >= 15 is 0 Å². The SMILES string of the molecule is CO[C@H]1S[C@H]2[C@@H](N(C#N)C(C)=O)C(=O)N2C(C(=O)OCc2ccccc2)=C1C. The van der Waals surface area contributed by atoms with E-state index in [1.54, 1.807) is 13.1 Å². The number of rotatable bonds is 5. The first-order chi connectivity index (χ1) is 13.4. The molecule has 0 spiro atoms. The second-order valence-electron chi connectivity index (χ2n) is 6.33. The van der Waals surface area contributed by atoms with E-state index < -0.39 is 34.6 Å². The first-order valence-electron chi connectivity index (χ1n) is 8.53. The Balaban J connectivity index is 1.85. The molecule has 8 nitrogen and oxygen atoms in total. The van der Waals surface area contributed by atoms with Gasteiger partial charge in [-0.2, -0.15) is 5.26 Å². The van der Waals surface area contributed by atoms with Crippen LogP contribution in [0.2, 0.25) is 0 Å². The number of nitriles is 1. The molecule has 0 saturated carbocycles. The van der Waals surface area contributed by atoms with Crippen molar-refractivity contribution in [2.24, 2.45) is 0 Å². The lowest BCUT2D eigenvalue weighted by molar-refractivity contribution is -0.158. The van der Waals surface area contributed by atoms with E-state index in [-0.39, 0.29) is 12.3 Å². The standard InChI is InChI=1S/C19H19N3O5S/c1-11-14(18(25)27-9-13-7-5-4-6-8-13)22-16(24)15(21(10-20)12(2)23)17(22)28-19(11)26-3/h4-8,15,17,19H,9H2,1-3H3/t15-,17-,19-/m0/s1. The van der Waals surface area contributed by atoms with Gasteiger partial charge in [0.2, 0.25) is 5.91 Å². The van der Waals surface area contributed by atoms with Gasteiger partial charge in [0.1, 0.15) is 23.1 Å². The Labute approximate surface area is 166 Å². The van der Waals surface area contributed by atoms with Crippen LogP contribution < -0.4 is 0 Å². The number of hydrogen-bond acceptors (Lipinski definition) is 7. The molecular weight excluding hydrogens is 382 g/mol. The number of hydrogen-bond donors (Lipinski definition) is 0. The molecule has 9 heteroatoms. The molecule has 1 aromatic rings. The summed E-state index contributed by atoms with van der Waals surface area (Å²) in [5.74, 6) is -1.67. The van der Waals surface area contributed by atoms with Gasteiger partial charge in [-0.1, -0.05) is 42.1 Å². The Hall–Kier alpha value is -2.83. The molecule has 2 amide bonds. The number of thioether (sulfide) groups is 1. The molecule has 2 aliphatic rings. The van der Waals surface area contributed by atoms with Crippen molar-refractivity contribution >= 4 is 29.5 Å². The number of benzene rings is 1. The van der Waals surface area contributed by atoms with Gasteiger partial charge in [0.25, 0.3) is 5.91 Å². The minimum Gasteiger partial charge on any atom is -0.456 e. The fourth-order valence-corrected chi connectivity index (χ4v) is 4.60. The zero-order chi connectivity index (χ0) is 20.4. The molecule has 2 aliphatic heterocycles. The molecule has 1 fully saturated rings. The predicted octanol–water partition coefficient (Wildman–Crippen LogP) is 1.59. The van der Waals surface area contributed by atoms with E-state index in [1.807, 2.05) is 30.3 Å². The normalized spacial score (nSPS) is 23.4. The Morgan fingerprint density at radius 1 is 1.32 bits per heavy atom. The maximum Gasteiger partial charge on any atom is 0.355 e. The van der Waals surface area contributed by atoms with E-state index in [9.17, 15) is 19.6 Å². The second-order valence-corrected chi connectivity index (χ2v) is 7.51. The minimum absolute atomic E-state index is 0.0646. The van der Waals surface area contributed by atoms with Gasteiger partial charge < -0.3 is 9.47 Å². The van der Waals surface area contributed by atoms with E-state index in [4.69, 9.17) is 9.47 Å². The van der Waals surface area contributed by atoms with Crippen molar-refractivity contribution in [1.82, 2.24) is 9.80 Å². The fourth-order valence-electron chi connectivity index (χ4n) is 3.20. The highest BCUT2D eigenvalue weighted by Crippen LogP contribution is 2.46. The number of esters is 1. The second kappa shape index (κ2) is 8.04. The number of ether oxygens (including phenoxy) is 2. The molecule has 146 valence electrons. The Kier molecular flexibility index (Phi) is 5.72. The molecule has 0 bridgehead atoms.